The van der Waals surface area contributed by atoms with E-state index in [0.717, 1.165) is 18.4 Å². The number of alkyl halides is 3. The van der Waals surface area contributed by atoms with Crippen molar-refractivity contribution in [1.82, 2.24) is 5.32 Å². The second kappa shape index (κ2) is 5.90. The minimum Gasteiger partial charge on any atom is -0.462 e. The molecule has 2 N–H and O–H groups in total. The zero-order valence-electron chi connectivity index (χ0n) is 12.2. The average molecular weight is 327 g/mol. The molecular formula is C16H16F3NO3. The maximum Gasteiger partial charge on any atom is 0.573 e. The highest BCUT2D eigenvalue weighted by Gasteiger charge is 2.44. The van der Waals surface area contributed by atoms with Gasteiger partial charge in [-0.3, -0.25) is 0 Å². The lowest BCUT2D eigenvalue weighted by molar-refractivity contribution is -0.274. The summed E-state index contributed by atoms with van der Waals surface area (Å²) in [7, 11) is 0. The molecule has 1 saturated carbocycles. The van der Waals surface area contributed by atoms with Crippen LogP contribution in [0.3, 0.4) is 0 Å². The summed E-state index contributed by atoms with van der Waals surface area (Å²) >= 11 is 0. The molecule has 0 aliphatic heterocycles. The van der Waals surface area contributed by atoms with Crippen molar-refractivity contribution in [2.45, 2.75) is 37.9 Å². The Morgan fingerprint density at radius 3 is 2.26 bits per heavy atom. The van der Waals surface area contributed by atoms with Gasteiger partial charge in [0.05, 0.1) is 6.54 Å². The molecule has 1 aromatic heterocycles. The molecule has 0 unspecified atom stereocenters. The largest absolute Gasteiger partial charge is 0.573 e. The van der Waals surface area contributed by atoms with Crippen LogP contribution in [-0.4, -0.2) is 11.5 Å². The molecule has 1 aliphatic rings. The molecule has 23 heavy (non-hydrogen) atoms. The summed E-state index contributed by atoms with van der Waals surface area (Å²) in [6.45, 7) is 0.340. The Balaban J connectivity index is 1.63. The zero-order valence-corrected chi connectivity index (χ0v) is 12.2. The van der Waals surface area contributed by atoms with E-state index in [9.17, 15) is 13.2 Å². The zero-order chi connectivity index (χ0) is 16.5. The lowest BCUT2D eigenvalue weighted by atomic mass is 10.0. The van der Waals surface area contributed by atoms with Gasteiger partial charge in [-0.05, 0) is 42.7 Å². The Morgan fingerprint density at radius 2 is 1.74 bits per heavy atom. The van der Waals surface area contributed by atoms with E-state index in [2.05, 4.69) is 10.1 Å². The van der Waals surface area contributed by atoms with Crippen molar-refractivity contribution in [3.8, 4) is 5.75 Å². The highest BCUT2D eigenvalue weighted by molar-refractivity contribution is 5.35. The van der Waals surface area contributed by atoms with E-state index in [1.165, 1.54) is 12.1 Å². The molecule has 0 saturated heterocycles. The van der Waals surface area contributed by atoms with Gasteiger partial charge in [0, 0.05) is 5.54 Å². The predicted octanol–water partition coefficient (Wildman–Crippen LogP) is 3.45. The van der Waals surface area contributed by atoms with E-state index in [4.69, 9.17) is 9.52 Å². The molecule has 0 spiro atoms. The normalized spacial score (nSPS) is 16.3. The first-order valence-corrected chi connectivity index (χ1v) is 7.20. The summed E-state index contributed by atoms with van der Waals surface area (Å²) in [5.41, 5.74) is 0.684. The SMILES string of the molecule is OCc1ccc(CNC2(c3ccc(OC(F)(F)F)cc3)CC2)o1. The van der Waals surface area contributed by atoms with Gasteiger partial charge >= 0.3 is 6.36 Å². The van der Waals surface area contributed by atoms with Gasteiger partial charge in [-0.2, -0.15) is 0 Å². The minimum absolute atomic E-state index is 0.147. The second-order valence-corrected chi connectivity index (χ2v) is 5.53. The van der Waals surface area contributed by atoms with Gasteiger partial charge in [0.2, 0.25) is 0 Å². The van der Waals surface area contributed by atoms with Crippen molar-refractivity contribution < 1.29 is 27.4 Å². The lowest BCUT2D eigenvalue weighted by Gasteiger charge is -2.18. The molecule has 1 aromatic carbocycles. The number of halogens is 3. The van der Waals surface area contributed by atoms with Crippen molar-refractivity contribution in [2.75, 3.05) is 0 Å². The van der Waals surface area contributed by atoms with E-state index in [-0.39, 0.29) is 17.9 Å². The van der Waals surface area contributed by atoms with Crippen LogP contribution in [0.4, 0.5) is 13.2 Å². The Kier molecular flexibility index (Phi) is 4.08. The van der Waals surface area contributed by atoms with Gasteiger partial charge in [-0.15, -0.1) is 13.2 Å². The maximum atomic E-state index is 12.2. The van der Waals surface area contributed by atoms with Gasteiger partial charge in [-0.1, -0.05) is 12.1 Å². The van der Waals surface area contributed by atoms with Gasteiger partial charge in [0.1, 0.15) is 23.9 Å². The number of hydrogen-bond acceptors (Lipinski definition) is 4. The highest BCUT2D eigenvalue weighted by Crippen LogP contribution is 2.46. The molecule has 7 heteroatoms. The lowest BCUT2D eigenvalue weighted by Crippen LogP contribution is -2.28. The fourth-order valence-corrected chi connectivity index (χ4v) is 2.53. The smallest absolute Gasteiger partial charge is 0.462 e. The van der Waals surface area contributed by atoms with Crippen molar-refractivity contribution in [3.05, 3.63) is 53.5 Å². The van der Waals surface area contributed by atoms with Gasteiger partial charge < -0.3 is 19.6 Å². The molecule has 3 rings (SSSR count). The Labute approximate surface area is 130 Å². The topological polar surface area (TPSA) is 54.6 Å². The summed E-state index contributed by atoms with van der Waals surface area (Å²) in [4.78, 5) is 0. The fourth-order valence-electron chi connectivity index (χ4n) is 2.53. The van der Waals surface area contributed by atoms with Crippen molar-refractivity contribution in [2.24, 2.45) is 0 Å². The first kappa shape index (κ1) is 15.9. The summed E-state index contributed by atoms with van der Waals surface area (Å²) in [5, 5.41) is 12.3. The average Bonchev–Trinajstić information content (AvgIpc) is 3.15. The predicted molar refractivity (Wildman–Crippen MR) is 75.5 cm³/mol. The first-order valence-electron chi connectivity index (χ1n) is 7.20. The molecule has 2 aromatic rings. The van der Waals surface area contributed by atoms with Crippen LogP contribution < -0.4 is 10.1 Å². The number of furan rings is 1. The number of aliphatic hydroxyl groups is 1. The number of benzene rings is 1. The van der Waals surface area contributed by atoms with Crippen molar-refractivity contribution in [3.63, 3.8) is 0 Å². The number of aliphatic hydroxyl groups excluding tert-OH is 1. The van der Waals surface area contributed by atoms with Crippen LogP contribution in [0.5, 0.6) is 5.75 Å². The van der Waals surface area contributed by atoms with Gasteiger partial charge in [0.15, 0.2) is 0 Å². The molecule has 0 radical (unpaired) electrons. The number of hydrogen-bond donors (Lipinski definition) is 2. The Morgan fingerprint density at radius 1 is 1.09 bits per heavy atom. The minimum atomic E-state index is -4.68. The Hall–Kier alpha value is -1.99. The van der Waals surface area contributed by atoms with Crippen LogP contribution >= 0.6 is 0 Å². The van der Waals surface area contributed by atoms with Crippen LogP contribution in [0.15, 0.2) is 40.8 Å². The molecule has 4 nitrogen and oxygen atoms in total. The summed E-state index contributed by atoms with van der Waals surface area (Å²) in [5.74, 6) is 0.980. The van der Waals surface area contributed by atoms with E-state index in [1.54, 1.807) is 24.3 Å². The molecule has 0 atom stereocenters. The van der Waals surface area contributed by atoms with Crippen LogP contribution in [0.25, 0.3) is 0 Å². The molecule has 124 valence electrons. The van der Waals surface area contributed by atoms with Crippen molar-refractivity contribution in [1.29, 1.82) is 0 Å². The molecule has 1 aliphatic carbocycles. The molecule has 0 bridgehead atoms. The number of ether oxygens (including phenoxy) is 1. The van der Waals surface area contributed by atoms with Gasteiger partial charge in [-0.25, -0.2) is 0 Å². The summed E-state index contributed by atoms with van der Waals surface area (Å²) in [6, 6.07) is 9.42. The standard InChI is InChI=1S/C16H16F3NO3/c17-16(18,19)23-12-3-1-11(2-4-12)15(7-8-15)20-9-13-5-6-14(10-21)22-13/h1-6,20-21H,7-10H2. The molecule has 1 fully saturated rings. The van der Waals surface area contributed by atoms with Crippen LogP contribution in [0.2, 0.25) is 0 Å². The van der Waals surface area contributed by atoms with Crippen LogP contribution in [0, 0.1) is 0 Å². The van der Waals surface area contributed by atoms with E-state index in [0.29, 0.717) is 18.1 Å². The molecule has 0 amide bonds. The highest BCUT2D eigenvalue weighted by atomic mass is 19.4. The number of nitrogens with one attached hydrogen (secondary N) is 1. The van der Waals surface area contributed by atoms with Crippen LogP contribution in [-0.2, 0) is 18.7 Å². The third-order valence-electron chi connectivity index (χ3n) is 3.86. The summed E-state index contributed by atoms with van der Waals surface area (Å²) in [6.07, 6.45) is -2.87. The quantitative estimate of drug-likeness (QED) is 0.853. The van der Waals surface area contributed by atoms with Gasteiger partial charge in [0.25, 0.3) is 0 Å². The molecule has 1 heterocycles. The third kappa shape index (κ3) is 3.86. The van der Waals surface area contributed by atoms with Crippen molar-refractivity contribution >= 4 is 0 Å². The van der Waals surface area contributed by atoms with E-state index < -0.39 is 6.36 Å². The first-order chi connectivity index (χ1) is 10.9. The Bertz CT molecular complexity index is 660. The third-order valence-corrected chi connectivity index (χ3v) is 3.86. The monoisotopic (exact) mass is 327 g/mol. The second-order valence-electron chi connectivity index (χ2n) is 5.53. The summed E-state index contributed by atoms with van der Waals surface area (Å²) < 4.78 is 45.8. The maximum absolute atomic E-state index is 12.2. The van der Waals surface area contributed by atoms with E-state index >= 15 is 0 Å². The fraction of sp³-hybridized carbons (Fsp3) is 0.375. The number of rotatable bonds is 6. The van der Waals surface area contributed by atoms with E-state index in [1.807, 2.05) is 0 Å². The molecular weight excluding hydrogens is 311 g/mol. The van der Waals surface area contributed by atoms with Crippen LogP contribution in [0.1, 0.15) is 29.9 Å².